The van der Waals surface area contributed by atoms with Gasteiger partial charge in [-0.3, -0.25) is 9.52 Å². The molecule has 0 heterocycles. The third kappa shape index (κ3) is 6.03. The number of carbonyl (C=O) groups is 1. The topological polar surface area (TPSA) is 87.3 Å². The van der Waals surface area contributed by atoms with Crippen LogP contribution >= 0.6 is 0 Å². The van der Waals surface area contributed by atoms with E-state index >= 15 is 0 Å². The first-order chi connectivity index (χ1) is 9.46. The first-order valence-electron chi connectivity index (χ1n) is 6.52. The van der Waals surface area contributed by atoms with E-state index in [-0.39, 0.29) is 11.7 Å². The van der Waals surface area contributed by atoms with Crippen LogP contribution in [-0.4, -0.2) is 33.7 Å². The summed E-state index contributed by atoms with van der Waals surface area (Å²) >= 11 is 0. The van der Waals surface area contributed by atoms with Crippen LogP contribution in [0.15, 0.2) is 24.3 Å². The minimum atomic E-state index is -3.32. The van der Waals surface area contributed by atoms with Gasteiger partial charge in [0.05, 0.1) is 11.4 Å². The fourth-order valence-electron chi connectivity index (χ4n) is 1.62. The van der Waals surface area contributed by atoms with Gasteiger partial charge in [0.2, 0.25) is 15.9 Å². The lowest BCUT2D eigenvalue weighted by molar-refractivity contribution is -0.116. The monoisotopic (exact) mass is 299 g/mol. The molecule has 0 radical (unpaired) electrons. The number of anilines is 2. The van der Waals surface area contributed by atoms with Crippen LogP contribution in [-0.2, 0) is 14.8 Å². The normalized spacial score (nSPS) is 11.1. The van der Waals surface area contributed by atoms with Gasteiger partial charge >= 0.3 is 0 Å². The fraction of sp³-hybridized carbons (Fsp3) is 0.462. The average molecular weight is 299 g/mol. The summed E-state index contributed by atoms with van der Waals surface area (Å²) in [6.07, 6.45) is 0.915. The van der Waals surface area contributed by atoms with Crippen molar-refractivity contribution < 1.29 is 13.2 Å². The number of sulfonamides is 1. The smallest absolute Gasteiger partial charge is 0.232 e. The van der Waals surface area contributed by atoms with Crippen molar-refractivity contribution >= 4 is 27.3 Å². The van der Waals surface area contributed by atoms with E-state index in [1.807, 2.05) is 0 Å². The molecule has 0 atom stereocenters. The highest BCUT2D eigenvalue weighted by Crippen LogP contribution is 2.16. The third-order valence-corrected chi connectivity index (χ3v) is 3.99. The van der Waals surface area contributed by atoms with Crippen molar-refractivity contribution in [2.24, 2.45) is 0 Å². The molecule has 1 aromatic carbocycles. The summed E-state index contributed by atoms with van der Waals surface area (Å²) in [5.74, 6) is -0.0425. The number of hydrogen-bond donors (Lipinski definition) is 3. The molecule has 6 nitrogen and oxygen atoms in total. The predicted molar refractivity (Wildman–Crippen MR) is 81.3 cm³/mol. The van der Waals surface area contributed by atoms with Gasteiger partial charge in [0.15, 0.2) is 0 Å². The van der Waals surface area contributed by atoms with Crippen LogP contribution in [0.1, 0.15) is 19.8 Å². The zero-order chi connectivity index (χ0) is 15.0. The number of amides is 1. The minimum absolute atomic E-state index is 0.0752. The van der Waals surface area contributed by atoms with Gasteiger partial charge in [0.1, 0.15) is 0 Å². The molecule has 0 aliphatic rings. The first-order valence-corrected chi connectivity index (χ1v) is 8.17. The molecule has 0 unspecified atom stereocenters. The number of rotatable bonds is 8. The summed E-state index contributed by atoms with van der Waals surface area (Å²) in [6.45, 7) is 2.40. The van der Waals surface area contributed by atoms with E-state index in [0.29, 0.717) is 30.8 Å². The zero-order valence-electron chi connectivity index (χ0n) is 11.8. The molecule has 0 bridgehead atoms. The lowest BCUT2D eigenvalue weighted by atomic mass is 10.2. The first kappa shape index (κ1) is 16.5. The van der Waals surface area contributed by atoms with Crippen molar-refractivity contribution in [1.29, 1.82) is 0 Å². The molecule has 1 amide bonds. The number of carbonyl (C=O) groups excluding carboxylic acids is 1. The summed E-state index contributed by atoms with van der Waals surface area (Å²) in [5.41, 5.74) is 1.02. The second-order valence-electron chi connectivity index (χ2n) is 4.40. The molecule has 112 valence electrons. The van der Waals surface area contributed by atoms with E-state index < -0.39 is 10.0 Å². The van der Waals surface area contributed by atoms with Crippen LogP contribution in [0, 0.1) is 0 Å². The Morgan fingerprint density at radius 2 is 1.95 bits per heavy atom. The maximum atomic E-state index is 11.7. The molecule has 7 heteroatoms. The van der Waals surface area contributed by atoms with Crippen LogP contribution in [0.4, 0.5) is 11.4 Å². The number of benzene rings is 1. The minimum Gasteiger partial charge on any atom is -0.326 e. The lowest BCUT2D eigenvalue weighted by Crippen LogP contribution is -2.19. The molecule has 3 N–H and O–H groups in total. The van der Waals surface area contributed by atoms with Crippen molar-refractivity contribution in [3.05, 3.63) is 24.3 Å². The molecule has 0 spiro atoms. The van der Waals surface area contributed by atoms with Gasteiger partial charge in [-0.05, 0) is 31.7 Å². The van der Waals surface area contributed by atoms with Crippen molar-refractivity contribution in [2.75, 3.05) is 29.4 Å². The Morgan fingerprint density at radius 1 is 1.25 bits per heavy atom. The second kappa shape index (κ2) is 7.86. The van der Waals surface area contributed by atoms with Gasteiger partial charge in [-0.15, -0.1) is 0 Å². The van der Waals surface area contributed by atoms with E-state index in [9.17, 15) is 13.2 Å². The highest BCUT2D eigenvalue weighted by atomic mass is 32.2. The van der Waals surface area contributed by atoms with E-state index in [2.05, 4.69) is 15.4 Å². The standard InChI is InChI=1S/C13H21N3O3S/c1-3-9-20(18,19)16-12-6-4-5-11(10-12)15-13(17)7-8-14-2/h4-6,10,14,16H,3,7-9H2,1-2H3,(H,15,17). The van der Waals surface area contributed by atoms with Crippen LogP contribution in [0.2, 0.25) is 0 Å². The van der Waals surface area contributed by atoms with Gasteiger partial charge < -0.3 is 10.6 Å². The molecule has 0 fully saturated rings. The molecular formula is C13H21N3O3S. The molecule has 0 aliphatic carbocycles. The molecule has 0 saturated carbocycles. The van der Waals surface area contributed by atoms with Gasteiger partial charge in [0, 0.05) is 18.7 Å². The molecule has 0 aliphatic heterocycles. The SMILES string of the molecule is CCCS(=O)(=O)Nc1cccc(NC(=O)CCNC)c1. The molecule has 0 aromatic heterocycles. The molecule has 1 rings (SSSR count). The van der Waals surface area contributed by atoms with Crippen LogP contribution in [0.5, 0.6) is 0 Å². The Morgan fingerprint density at radius 3 is 2.60 bits per heavy atom. The Bertz CT molecular complexity index is 544. The Balaban J connectivity index is 2.69. The Kier molecular flexibility index (Phi) is 6.47. The Labute approximate surface area is 120 Å². The van der Waals surface area contributed by atoms with Crippen molar-refractivity contribution in [3.63, 3.8) is 0 Å². The lowest BCUT2D eigenvalue weighted by Gasteiger charge is -2.09. The van der Waals surface area contributed by atoms with Gasteiger partial charge in [0.25, 0.3) is 0 Å². The highest BCUT2D eigenvalue weighted by molar-refractivity contribution is 7.92. The fourth-order valence-corrected chi connectivity index (χ4v) is 2.75. The van der Waals surface area contributed by atoms with Crippen LogP contribution in [0.25, 0.3) is 0 Å². The summed E-state index contributed by atoms with van der Waals surface area (Å²) in [7, 11) is -1.54. The summed E-state index contributed by atoms with van der Waals surface area (Å²) in [5, 5.41) is 5.61. The van der Waals surface area contributed by atoms with Gasteiger partial charge in [-0.2, -0.15) is 0 Å². The molecule has 1 aromatic rings. The zero-order valence-corrected chi connectivity index (χ0v) is 12.6. The third-order valence-electron chi connectivity index (χ3n) is 2.49. The van der Waals surface area contributed by atoms with Crippen molar-refractivity contribution in [2.45, 2.75) is 19.8 Å². The second-order valence-corrected chi connectivity index (χ2v) is 6.25. The number of hydrogen-bond acceptors (Lipinski definition) is 4. The number of nitrogens with one attached hydrogen (secondary N) is 3. The van der Waals surface area contributed by atoms with Crippen LogP contribution in [0.3, 0.4) is 0 Å². The van der Waals surface area contributed by atoms with Crippen molar-refractivity contribution in [1.82, 2.24) is 5.32 Å². The maximum absolute atomic E-state index is 11.7. The molecule has 0 saturated heterocycles. The maximum Gasteiger partial charge on any atom is 0.232 e. The summed E-state index contributed by atoms with van der Waals surface area (Å²) in [4.78, 5) is 11.6. The predicted octanol–water partition coefficient (Wildman–Crippen LogP) is 1.39. The van der Waals surface area contributed by atoms with E-state index in [4.69, 9.17) is 0 Å². The van der Waals surface area contributed by atoms with E-state index in [1.165, 1.54) is 0 Å². The summed E-state index contributed by atoms with van der Waals surface area (Å²) in [6, 6.07) is 6.66. The van der Waals surface area contributed by atoms with Crippen LogP contribution < -0.4 is 15.4 Å². The molecular weight excluding hydrogens is 278 g/mol. The van der Waals surface area contributed by atoms with Gasteiger partial charge in [-0.1, -0.05) is 13.0 Å². The largest absolute Gasteiger partial charge is 0.326 e. The van der Waals surface area contributed by atoms with Gasteiger partial charge in [-0.25, -0.2) is 8.42 Å². The summed E-state index contributed by atoms with van der Waals surface area (Å²) < 4.78 is 25.8. The highest BCUT2D eigenvalue weighted by Gasteiger charge is 2.09. The quantitative estimate of drug-likeness (QED) is 0.677. The van der Waals surface area contributed by atoms with E-state index in [1.54, 1.807) is 38.2 Å². The Hall–Kier alpha value is -1.60. The van der Waals surface area contributed by atoms with Crippen molar-refractivity contribution in [3.8, 4) is 0 Å². The van der Waals surface area contributed by atoms with E-state index in [0.717, 1.165) is 0 Å². The average Bonchev–Trinajstić information content (AvgIpc) is 2.36. The molecule has 20 heavy (non-hydrogen) atoms.